The molecule has 0 aliphatic carbocycles. The van der Waals surface area contributed by atoms with Crippen molar-refractivity contribution in [1.82, 2.24) is 14.9 Å². The second kappa shape index (κ2) is 6.96. The van der Waals surface area contributed by atoms with Gasteiger partial charge >= 0.3 is 0 Å². The normalized spacial score (nSPS) is 10.7. The van der Waals surface area contributed by atoms with E-state index >= 15 is 0 Å². The average molecular weight is 309 g/mol. The van der Waals surface area contributed by atoms with Crippen LogP contribution in [-0.2, 0) is 18.3 Å². The van der Waals surface area contributed by atoms with Gasteiger partial charge in [0.25, 0.3) is 5.91 Å². The summed E-state index contributed by atoms with van der Waals surface area (Å²) < 4.78 is 7.47. The Kier molecular flexibility index (Phi) is 4.57. The summed E-state index contributed by atoms with van der Waals surface area (Å²) in [4.78, 5) is 16.4. The maximum absolute atomic E-state index is 11.8. The number of hydrogen-bond acceptors (Lipinski definition) is 3. The summed E-state index contributed by atoms with van der Waals surface area (Å²) in [5.74, 6) is 1.51. The molecular formula is C18H19N3O2. The van der Waals surface area contributed by atoms with Crippen molar-refractivity contribution < 1.29 is 9.53 Å². The fourth-order valence-corrected chi connectivity index (χ4v) is 2.45. The topological polar surface area (TPSA) is 56.2 Å². The first-order valence-electron chi connectivity index (χ1n) is 7.59. The molecule has 0 unspecified atom stereocenters. The van der Waals surface area contributed by atoms with Crippen LogP contribution in [0.2, 0.25) is 0 Å². The number of carbonyl (C=O) groups excluding carboxylic acids is 1. The van der Waals surface area contributed by atoms with E-state index in [1.54, 1.807) is 0 Å². The van der Waals surface area contributed by atoms with Gasteiger partial charge in [0, 0.05) is 20.0 Å². The Morgan fingerprint density at radius 3 is 2.65 bits per heavy atom. The Morgan fingerprint density at radius 1 is 1.13 bits per heavy atom. The van der Waals surface area contributed by atoms with E-state index in [2.05, 4.69) is 14.9 Å². The predicted octanol–water partition coefficient (Wildman–Crippen LogP) is 2.31. The highest BCUT2D eigenvalue weighted by Crippen LogP contribution is 2.14. The molecule has 0 radical (unpaired) electrons. The molecule has 0 saturated heterocycles. The molecule has 1 amide bonds. The zero-order valence-electron chi connectivity index (χ0n) is 13.0. The first-order chi connectivity index (χ1) is 11.2. The summed E-state index contributed by atoms with van der Waals surface area (Å²) in [6.45, 7) is 0.556. The molecule has 0 atom stereocenters. The minimum absolute atomic E-state index is 0.0204. The molecule has 23 heavy (non-hydrogen) atoms. The molecule has 0 spiro atoms. The van der Waals surface area contributed by atoms with Gasteiger partial charge in [0.1, 0.15) is 11.6 Å². The molecule has 0 fully saturated rings. The fourth-order valence-electron chi connectivity index (χ4n) is 2.45. The van der Waals surface area contributed by atoms with Gasteiger partial charge in [0.2, 0.25) is 0 Å². The maximum atomic E-state index is 11.8. The number of ether oxygens (including phenoxy) is 1. The standard InChI is InChI=1S/C18H19N3O2/c1-21-16-10-6-5-9-15(16)20-17(21)11-12-19-18(22)13-23-14-7-3-2-4-8-14/h2-10H,11-13H2,1H3,(H,19,22). The minimum Gasteiger partial charge on any atom is -0.484 e. The van der Waals surface area contributed by atoms with E-state index in [-0.39, 0.29) is 12.5 Å². The van der Waals surface area contributed by atoms with Crippen LogP contribution in [0.15, 0.2) is 54.6 Å². The number of para-hydroxylation sites is 3. The van der Waals surface area contributed by atoms with E-state index in [1.807, 2.05) is 61.6 Å². The molecule has 0 bridgehead atoms. The number of fused-ring (bicyclic) bond motifs is 1. The molecule has 0 aliphatic heterocycles. The highest BCUT2D eigenvalue weighted by Gasteiger charge is 2.08. The lowest BCUT2D eigenvalue weighted by Crippen LogP contribution is -2.31. The summed E-state index contributed by atoms with van der Waals surface area (Å²) in [5, 5.41) is 2.86. The van der Waals surface area contributed by atoms with Gasteiger partial charge in [0.05, 0.1) is 11.0 Å². The summed E-state index contributed by atoms with van der Waals surface area (Å²) in [6.07, 6.45) is 0.683. The SMILES string of the molecule is Cn1c(CCNC(=O)COc2ccccc2)nc2ccccc21. The Bertz CT molecular complexity index is 796. The number of nitrogens with one attached hydrogen (secondary N) is 1. The van der Waals surface area contributed by atoms with Crippen LogP contribution in [0.1, 0.15) is 5.82 Å². The number of aromatic nitrogens is 2. The summed E-state index contributed by atoms with van der Waals surface area (Å²) in [7, 11) is 1.99. The Balaban J connectivity index is 1.48. The summed E-state index contributed by atoms with van der Waals surface area (Å²) in [5.41, 5.74) is 2.07. The second-order valence-electron chi connectivity index (χ2n) is 5.28. The molecule has 5 heteroatoms. The molecule has 3 aromatic rings. The van der Waals surface area contributed by atoms with Crippen molar-refractivity contribution in [2.24, 2.45) is 7.05 Å². The second-order valence-corrected chi connectivity index (χ2v) is 5.28. The molecule has 0 aliphatic rings. The van der Waals surface area contributed by atoms with Gasteiger partial charge in [-0.05, 0) is 24.3 Å². The third kappa shape index (κ3) is 3.69. The Labute approximate surface area is 134 Å². The van der Waals surface area contributed by atoms with Crippen molar-refractivity contribution >= 4 is 16.9 Å². The largest absolute Gasteiger partial charge is 0.484 e. The molecule has 5 nitrogen and oxygen atoms in total. The van der Waals surface area contributed by atoms with E-state index in [0.717, 1.165) is 16.9 Å². The molecule has 1 N–H and O–H groups in total. The molecule has 2 aromatic carbocycles. The highest BCUT2D eigenvalue weighted by molar-refractivity contribution is 5.77. The summed E-state index contributed by atoms with van der Waals surface area (Å²) in [6, 6.07) is 17.3. The lowest BCUT2D eigenvalue weighted by molar-refractivity contribution is -0.123. The number of nitrogens with zero attached hydrogens (tertiary/aromatic N) is 2. The van der Waals surface area contributed by atoms with E-state index < -0.39 is 0 Å². The first kappa shape index (κ1) is 15.1. The third-order valence-electron chi connectivity index (χ3n) is 3.66. The van der Waals surface area contributed by atoms with E-state index in [0.29, 0.717) is 18.7 Å². The smallest absolute Gasteiger partial charge is 0.257 e. The van der Waals surface area contributed by atoms with Gasteiger partial charge in [-0.1, -0.05) is 30.3 Å². The van der Waals surface area contributed by atoms with E-state index in [9.17, 15) is 4.79 Å². The number of benzene rings is 2. The van der Waals surface area contributed by atoms with Crippen LogP contribution in [-0.4, -0.2) is 28.6 Å². The number of rotatable bonds is 6. The Morgan fingerprint density at radius 2 is 1.87 bits per heavy atom. The average Bonchev–Trinajstić information content (AvgIpc) is 2.91. The number of aryl methyl sites for hydroxylation is 1. The van der Waals surface area contributed by atoms with Crippen LogP contribution in [0.3, 0.4) is 0 Å². The summed E-state index contributed by atoms with van der Waals surface area (Å²) >= 11 is 0. The monoisotopic (exact) mass is 309 g/mol. The fraction of sp³-hybridized carbons (Fsp3) is 0.222. The van der Waals surface area contributed by atoms with Crippen molar-refractivity contribution in [3.05, 3.63) is 60.4 Å². The van der Waals surface area contributed by atoms with Gasteiger partial charge in [-0.2, -0.15) is 0 Å². The zero-order valence-corrected chi connectivity index (χ0v) is 13.0. The van der Waals surface area contributed by atoms with Crippen LogP contribution in [0.5, 0.6) is 5.75 Å². The van der Waals surface area contributed by atoms with Crippen LogP contribution >= 0.6 is 0 Å². The molecule has 0 saturated carbocycles. The molecule has 3 rings (SSSR count). The maximum Gasteiger partial charge on any atom is 0.257 e. The minimum atomic E-state index is -0.132. The van der Waals surface area contributed by atoms with Crippen molar-refractivity contribution in [2.45, 2.75) is 6.42 Å². The van der Waals surface area contributed by atoms with Crippen molar-refractivity contribution in [2.75, 3.05) is 13.2 Å². The van der Waals surface area contributed by atoms with Gasteiger partial charge in [0.15, 0.2) is 6.61 Å². The molecule has 1 aromatic heterocycles. The van der Waals surface area contributed by atoms with Crippen LogP contribution in [0, 0.1) is 0 Å². The van der Waals surface area contributed by atoms with Gasteiger partial charge in [-0.3, -0.25) is 4.79 Å². The number of hydrogen-bond donors (Lipinski definition) is 1. The van der Waals surface area contributed by atoms with E-state index in [4.69, 9.17) is 4.74 Å². The molecule has 1 heterocycles. The first-order valence-corrected chi connectivity index (χ1v) is 7.59. The lowest BCUT2D eigenvalue weighted by atomic mass is 10.3. The van der Waals surface area contributed by atoms with Crippen molar-refractivity contribution in [1.29, 1.82) is 0 Å². The number of imidazole rings is 1. The van der Waals surface area contributed by atoms with E-state index in [1.165, 1.54) is 0 Å². The lowest BCUT2D eigenvalue weighted by Gasteiger charge is -2.07. The highest BCUT2D eigenvalue weighted by atomic mass is 16.5. The zero-order chi connectivity index (χ0) is 16.1. The van der Waals surface area contributed by atoms with Crippen molar-refractivity contribution in [3.63, 3.8) is 0 Å². The third-order valence-corrected chi connectivity index (χ3v) is 3.66. The molecule has 118 valence electrons. The van der Waals surface area contributed by atoms with Crippen molar-refractivity contribution in [3.8, 4) is 5.75 Å². The van der Waals surface area contributed by atoms with Crippen LogP contribution in [0.4, 0.5) is 0 Å². The number of amides is 1. The number of carbonyl (C=O) groups is 1. The van der Waals surface area contributed by atoms with Gasteiger partial charge < -0.3 is 14.6 Å². The van der Waals surface area contributed by atoms with Gasteiger partial charge in [-0.25, -0.2) is 4.98 Å². The van der Waals surface area contributed by atoms with Crippen LogP contribution < -0.4 is 10.1 Å². The Hall–Kier alpha value is -2.82. The van der Waals surface area contributed by atoms with Gasteiger partial charge in [-0.15, -0.1) is 0 Å². The van der Waals surface area contributed by atoms with Crippen LogP contribution in [0.25, 0.3) is 11.0 Å². The quantitative estimate of drug-likeness (QED) is 0.760. The predicted molar refractivity (Wildman–Crippen MR) is 89.4 cm³/mol. The molecular weight excluding hydrogens is 290 g/mol.